The molecule has 70 heavy (non-hydrogen) atoms. The second-order valence-electron chi connectivity index (χ2n) is 15.7. The average molecular weight is 994 g/mol. The number of carbonyl (C=O) groups is 4. The minimum Gasteiger partial charge on any atom is -0.504 e. The number of carbonyl (C=O) groups excluding carboxylic acids is 4. The largest absolute Gasteiger partial charge is 0.504 e. The third-order valence-corrected chi connectivity index (χ3v) is 12.0. The number of nitrogens with one attached hydrogen (secondary N) is 3. The molecule has 3 aromatic heterocycles. The fourth-order valence-corrected chi connectivity index (χ4v) is 8.39. The lowest BCUT2D eigenvalue weighted by molar-refractivity contribution is -0.156. The first-order valence-electron chi connectivity index (χ1n) is 21.2. The molecule has 5 aromatic rings. The number of aliphatic hydroxyl groups is 1. The number of rotatable bonds is 19. The average Bonchev–Trinajstić information content (AvgIpc) is 4.06. The van der Waals surface area contributed by atoms with E-state index in [1.807, 2.05) is 6.07 Å². The molecule has 0 spiro atoms. The molecule has 27 nitrogen and oxygen atoms in total. The van der Waals surface area contributed by atoms with Crippen molar-refractivity contribution >= 4 is 54.5 Å². The summed E-state index contributed by atoms with van der Waals surface area (Å²) in [5.41, 5.74) is -1.88. The van der Waals surface area contributed by atoms with Crippen LogP contribution in [-0.4, -0.2) is 124 Å². The SMILES string of the molecule is CC(C)C(=O)Nc1nc2c(ncn2C2CC(OP(=O)(OCCC#N)OCC3OC(n4ccc(NC(=O)c5ccccc5)nc4=O)CC3OC(=O)COC(=O)c3cc(O)c(O)c(O)c3)C(CO)O2)c(=O)[nH]1. The minimum atomic E-state index is -4.83. The summed E-state index contributed by atoms with van der Waals surface area (Å²) in [6, 6.07) is 12.8. The van der Waals surface area contributed by atoms with Crippen LogP contribution in [0.4, 0.5) is 11.8 Å². The molecule has 5 heterocycles. The Balaban J connectivity index is 1.09. The van der Waals surface area contributed by atoms with E-state index in [-0.39, 0.29) is 42.2 Å². The summed E-state index contributed by atoms with van der Waals surface area (Å²) in [7, 11) is -4.83. The van der Waals surface area contributed by atoms with Gasteiger partial charge in [0, 0.05) is 30.5 Å². The number of ether oxygens (including phenoxy) is 4. The van der Waals surface area contributed by atoms with Gasteiger partial charge in [0.2, 0.25) is 11.9 Å². The van der Waals surface area contributed by atoms with Gasteiger partial charge in [-0.3, -0.25) is 47.4 Å². The molecular formula is C42H44N9O18P. The molecule has 28 heteroatoms. The Bertz CT molecular complexity index is 2950. The van der Waals surface area contributed by atoms with Crippen molar-refractivity contribution < 1.29 is 76.7 Å². The lowest BCUT2D eigenvalue weighted by atomic mass is 10.2. The summed E-state index contributed by atoms with van der Waals surface area (Å²) >= 11 is 0. The van der Waals surface area contributed by atoms with Crippen molar-refractivity contribution in [3.63, 3.8) is 0 Å². The van der Waals surface area contributed by atoms with Crippen LogP contribution >= 0.6 is 7.82 Å². The smallest absolute Gasteiger partial charge is 0.475 e. The highest BCUT2D eigenvalue weighted by Crippen LogP contribution is 2.54. The third kappa shape index (κ3) is 11.8. The van der Waals surface area contributed by atoms with Gasteiger partial charge in [0.05, 0.1) is 44.2 Å². The van der Waals surface area contributed by atoms with Crippen LogP contribution in [0.2, 0.25) is 0 Å². The Morgan fingerprint density at radius 2 is 1.64 bits per heavy atom. The number of phosphoric acid groups is 1. The number of phosphoric ester groups is 1. The van der Waals surface area contributed by atoms with Gasteiger partial charge >= 0.3 is 25.5 Å². The van der Waals surface area contributed by atoms with Crippen LogP contribution in [0, 0.1) is 17.2 Å². The number of aromatic nitrogens is 6. The van der Waals surface area contributed by atoms with Crippen LogP contribution in [-0.2, 0) is 46.7 Å². The zero-order valence-electron chi connectivity index (χ0n) is 36.9. The molecule has 0 radical (unpaired) electrons. The first-order valence-corrected chi connectivity index (χ1v) is 22.6. The number of hydrogen-bond donors (Lipinski definition) is 7. The molecule has 7 unspecified atom stereocenters. The highest BCUT2D eigenvalue weighted by atomic mass is 31.2. The van der Waals surface area contributed by atoms with Gasteiger partial charge in [-0.2, -0.15) is 15.2 Å². The Hall–Kier alpha value is -7.57. The number of aromatic amines is 1. The van der Waals surface area contributed by atoms with E-state index in [1.165, 1.54) is 23.2 Å². The number of aliphatic hydroxyl groups excluding tert-OH is 1. The van der Waals surface area contributed by atoms with E-state index in [1.54, 1.807) is 44.2 Å². The van der Waals surface area contributed by atoms with Crippen LogP contribution in [0.1, 0.15) is 66.3 Å². The summed E-state index contributed by atoms with van der Waals surface area (Å²) in [6.07, 6.45) is -5.86. The number of aromatic hydroxyl groups is 3. The quantitative estimate of drug-likeness (QED) is 0.0269. The van der Waals surface area contributed by atoms with E-state index in [0.29, 0.717) is 5.56 Å². The van der Waals surface area contributed by atoms with Crippen LogP contribution in [0.3, 0.4) is 0 Å². The topological polar surface area (TPSA) is 377 Å². The highest BCUT2D eigenvalue weighted by molar-refractivity contribution is 7.48. The van der Waals surface area contributed by atoms with Crippen molar-refractivity contribution in [2.24, 2.45) is 5.92 Å². The number of fused-ring (bicyclic) bond motifs is 1. The summed E-state index contributed by atoms with van der Waals surface area (Å²) in [6.45, 7) is 0.293. The molecule has 2 amide bonds. The lowest BCUT2D eigenvalue weighted by Crippen LogP contribution is -2.33. The zero-order chi connectivity index (χ0) is 50.3. The number of phenolic OH excluding ortho intramolecular Hbond substituents is 3. The van der Waals surface area contributed by atoms with E-state index < -0.39 is 135 Å². The van der Waals surface area contributed by atoms with Crippen molar-refractivity contribution in [3.05, 3.63) is 93.0 Å². The van der Waals surface area contributed by atoms with Gasteiger partial charge in [0.25, 0.3) is 11.5 Å². The van der Waals surface area contributed by atoms with Gasteiger partial charge in [-0.15, -0.1) is 0 Å². The summed E-state index contributed by atoms with van der Waals surface area (Å²) in [4.78, 5) is 91.9. The Morgan fingerprint density at radius 1 is 0.943 bits per heavy atom. The fraction of sp³-hybridized carbons (Fsp3) is 0.381. The van der Waals surface area contributed by atoms with E-state index in [0.717, 1.165) is 16.7 Å². The molecule has 0 bridgehead atoms. The van der Waals surface area contributed by atoms with Crippen LogP contribution in [0.5, 0.6) is 17.2 Å². The molecule has 7 rings (SSSR count). The molecular weight excluding hydrogens is 949 g/mol. The number of H-pyrrole nitrogens is 1. The van der Waals surface area contributed by atoms with Crippen molar-refractivity contribution in [1.29, 1.82) is 5.26 Å². The van der Waals surface area contributed by atoms with Crippen LogP contribution in [0.25, 0.3) is 11.2 Å². The number of anilines is 2. The van der Waals surface area contributed by atoms with E-state index >= 15 is 0 Å². The predicted molar refractivity (Wildman–Crippen MR) is 235 cm³/mol. The third-order valence-electron chi connectivity index (χ3n) is 10.5. The maximum Gasteiger partial charge on any atom is 0.475 e. The molecule has 2 fully saturated rings. The van der Waals surface area contributed by atoms with Gasteiger partial charge in [0.1, 0.15) is 42.7 Å². The standard InChI is InChI=1S/C42H44N9O18P/c1-21(2)37(57)48-41-47-36-34(39(59)49-41)44-20-51(36)32-16-27(28(17-52)66-32)69-70(62,64-12-6-10-43)65-18-29-26(68-33(55)19-63-40(60)23-13-24(53)35(56)25(54)14-23)15-31(67-29)50-11-9-30(46-42(50)61)45-38(58)22-7-4-3-5-8-22/h3-5,7-9,11,13-14,20-21,26-29,31-32,52-54,56H,6,12,15-19H2,1-2H3,(H,45,46,58,61)(H2,47,48,49,57,59). The van der Waals surface area contributed by atoms with E-state index in [4.69, 9.17) is 32.5 Å². The van der Waals surface area contributed by atoms with Crippen molar-refractivity contribution in [3.8, 4) is 23.3 Å². The monoisotopic (exact) mass is 993 g/mol. The molecule has 0 saturated carbocycles. The first kappa shape index (κ1) is 50.3. The number of nitriles is 1. The number of benzene rings is 2. The fourth-order valence-electron chi connectivity index (χ4n) is 6.99. The number of hydrogen-bond acceptors (Lipinski definition) is 22. The zero-order valence-corrected chi connectivity index (χ0v) is 37.8. The number of imidazole rings is 1. The number of esters is 2. The normalized spacial score (nSPS) is 20.7. The van der Waals surface area contributed by atoms with Crippen molar-refractivity contribution in [2.75, 3.05) is 37.1 Å². The van der Waals surface area contributed by atoms with Gasteiger partial charge < -0.3 is 44.7 Å². The summed E-state index contributed by atoms with van der Waals surface area (Å²) < 4.78 is 56.6. The minimum absolute atomic E-state index is 0.0158. The number of amides is 2. The van der Waals surface area contributed by atoms with Crippen molar-refractivity contribution in [2.45, 2.75) is 70.0 Å². The molecule has 2 aromatic carbocycles. The number of nitrogens with zero attached hydrogens (tertiary/aromatic N) is 6. The van der Waals surface area contributed by atoms with Gasteiger partial charge in [-0.25, -0.2) is 23.9 Å². The van der Waals surface area contributed by atoms with Crippen LogP contribution in [0.15, 0.2) is 70.6 Å². The Kier molecular flexibility index (Phi) is 15.7. The maximum absolute atomic E-state index is 14.5. The molecule has 2 aliphatic rings. The Labute approximate surface area is 394 Å². The van der Waals surface area contributed by atoms with Gasteiger partial charge in [0.15, 0.2) is 35.0 Å². The van der Waals surface area contributed by atoms with Crippen molar-refractivity contribution in [1.82, 2.24) is 29.1 Å². The first-order chi connectivity index (χ1) is 33.4. The van der Waals surface area contributed by atoms with Gasteiger partial charge in [-0.1, -0.05) is 32.0 Å². The second kappa shape index (κ2) is 21.8. The summed E-state index contributed by atoms with van der Waals surface area (Å²) in [5, 5.41) is 53.8. The molecule has 2 saturated heterocycles. The number of phenols is 3. The predicted octanol–water partition coefficient (Wildman–Crippen LogP) is 2.12. The molecule has 7 N–H and O–H groups in total. The van der Waals surface area contributed by atoms with E-state index in [2.05, 4.69) is 30.6 Å². The summed E-state index contributed by atoms with van der Waals surface area (Å²) in [5.74, 6) is -6.69. The van der Waals surface area contributed by atoms with Gasteiger partial charge in [-0.05, 0) is 30.3 Å². The molecule has 370 valence electrons. The second-order valence-corrected chi connectivity index (χ2v) is 17.3. The highest BCUT2D eigenvalue weighted by Gasteiger charge is 2.46. The molecule has 0 aliphatic carbocycles. The lowest BCUT2D eigenvalue weighted by Gasteiger charge is -2.25. The maximum atomic E-state index is 14.5. The van der Waals surface area contributed by atoms with Crippen LogP contribution < -0.4 is 21.9 Å². The molecule has 7 atom stereocenters. The molecule has 2 aliphatic heterocycles. The Morgan fingerprint density at radius 3 is 2.33 bits per heavy atom. The van der Waals surface area contributed by atoms with E-state index in [9.17, 15) is 59.0 Å².